The first kappa shape index (κ1) is 21.0. The van der Waals surface area contributed by atoms with Gasteiger partial charge >= 0.3 is 5.97 Å². The fraction of sp³-hybridized carbons (Fsp3) is 0.400. The molecule has 150 valence electrons. The monoisotopic (exact) mass is 443 g/mol. The first-order valence-corrected chi connectivity index (χ1v) is 10.2. The predicted octanol–water partition coefficient (Wildman–Crippen LogP) is 5.62. The van der Waals surface area contributed by atoms with Gasteiger partial charge in [-0.2, -0.15) is 0 Å². The summed E-state index contributed by atoms with van der Waals surface area (Å²) in [5.74, 6) is -0.495. The van der Waals surface area contributed by atoms with Crippen molar-refractivity contribution in [3.8, 4) is 22.8 Å². The topological polar surface area (TPSA) is 68.7 Å². The SMILES string of the molecule is CC(Oc1ccc(-c2ncc(Cl)cc2Cl)cc1O)C(=O)OC1CCCCC1Cl. The lowest BCUT2D eigenvalue weighted by atomic mass is 9.97. The highest BCUT2D eigenvalue weighted by atomic mass is 35.5. The van der Waals surface area contributed by atoms with Gasteiger partial charge in [-0.3, -0.25) is 4.98 Å². The van der Waals surface area contributed by atoms with E-state index in [1.807, 2.05) is 0 Å². The van der Waals surface area contributed by atoms with Gasteiger partial charge in [-0.25, -0.2) is 4.79 Å². The zero-order valence-electron chi connectivity index (χ0n) is 15.2. The molecule has 3 rings (SSSR count). The summed E-state index contributed by atoms with van der Waals surface area (Å²) in [6.07, 6.45) is 3.89. The van der Waals surface area contributed by atoms with Crippen molar-refractivity contribution in [2.24, 2.45) is 0 Å². The maximum Gasteiger partial charge on any atom is 0.347 e. The van der Waals surface area contributed by atoms with Gasteiger partial charge in [0.2, 0.25) is 0 Å². The number of rotatable bonds is 5. The van der Waals surface area contributed by atoms with Crippen molar-refractivity contribution in [2.45, 2.75) is 50.2 Å². The minimum Gasteiger partial charge on any atom is -0.504 e. The third kappa shape index (κ3) is 5.02. The number of nitrogens with zero attached hydrogens (tertiary/aromatic N) is 1. The first-order valence-electron chi connectivity index (χ1n) is 9.01. The molecule has 1 aliphatic carbocycles. The number of hydrogen-bond acceptors (Lipinski definition) is 5. The molecule has 1 N–H and O–H groups in total. The Kier molecular flexibility index (Phi) is 6.91. The number of esters is 1. The van der Waals surface area contributed by atoms with Crippen molar-refractivity contribution >= 4 is 40.8 Å². The average Bonchev–Trinajstić information content (AvgIpc) is 2.65. The molecular formula is C20H20Cl3NO4. The molecule has 0 saturated heterocycles. The van der Waals surface area contributed by atoms with Gasteiger partial charge in [0.1, 0.15) is 6.10 Å². The van der Waals surface area contributed by atoms with Gasteiger partial charge in [-0.15, -0.1) is 11.6 Å². The molecule has 0 aliphatic heterocycles. The molecule has 1 saturated carbocycles. The molecule has 2 aromatic rings. The second-order valence-electron chi connectivity index (χ2n) is 6.70. The number of phenols is 1. The van der Waals surface area contributed by atoms with Crippen LogP contribution in [0.2, 0.25) is 10.0 Å². The molecule has 28 heavy (non-hydrogen) atoms. The lowest BCUT2D eigenvalue weighted by Crippen LogP contribution is -2.36. The average molecular weight is 445 g/mol. The van der Waals surface area contributed by atoms with E-state index in [2.05, 4.69) is 4.98 Å². The number of carbonyl (C=O) groups is 1. The molecular weight excluding hydrogens is 425 g/mol. The predicted molar refractivity (Wildman–Crippen MR) is 109 cm³/mol. The van der Waals surface area contributed by atoms with E-state index in [9.17, 15) is 9.90 Å². The van der Waals surface area contributed by atoms with Gasteiger partial charge in [0, 0.05) is 11.8 Å². The Balaban J connectivity index is 1.67. The quantitative estimate of drug-likeness (QED) is 0.479. The first-order chi connectivity index (χ1) is 13.3. The van der Waals surface area contributed by atoms with Crippen LogP contribution in [0.25, 0.3) is 11.3 Å². The van der Waals surface area contributed by atoms with Crippen LogP contribution in [-0.4, -0.2) is 33.6 Å². The Morgan fingerprint density at radius 3 is 2.68 bits per heavy atom. The number of aromatic nitrogens is 1. The van der Waals surface area contributed by atoms with Crippen LogP contribution >= 0.6 is 34.8 Å². The van der Waals surface area contributed by atoms with Crippen LogP contribution in [0, 0.1) is 0 Å². The molecule has 3 atom stereocenters. The molecule has 0 spiro atoms. The van der Waals surface area contributed by atoms with Crippen molar-refractivity contribution < 1.29 is 19.4 Å². The molecule has 8 heteroatoms. The summed E-state index contributed by atoms with van der Waals surface area (Å²) in [4.78, 5) is 16.5. The lowest BCUT2D eigenvalue weighted by Gasteiger charge is -2.28. The number of halogens is 3. The zero-order chi connectivity index (χ0) is 20.3. The van der Waals surface area contributed by atoms with Gasteiger partial charge in [0.15, 0.2) is 17.6 Å². The molecule has 0 amide bonds. The van der Waals surface area contributed by atoms with Gasteiger partial charge in [-0.05, 0) is 50.5 Å². The molecule has 0 radical (unpaired) electrons. The number of benzene rings is 1. The van der Waals surface area contributed by atoms with Gasteiger partial charge < -0.3 is 14.6 Å². The normalized spacial score (nSPS) is 20.4. The van der Waals surface area contributed by atoms with Gasteiger partial charge in [-0.1, -0.05) is 29.6 Å². The molecule has 1 aromatic carbocycles. The number of ether oxygens (including phenoxy) is 2. The molecule has 1 aromatic heterocycles. The minimum absolute atomic E-state index is 0.141. The second-order valence-corrected chi connectivity index (χ2v) is 8.11. The van der Waals surface area contributed by atoms with Crippen molar-refractivity contribution in [3.05, 3.63) is 40.5 Å². The van der Waals surface area contributed by atoms with Crippen molar-refractivity contribution in [2.75, 3.05) is 0 Å². The highest BCUT2D eigenvalue weighted by molar-refractivity contribution is 6.36. The highest BCUT2D eigenvalue weighted by Crippen LogP contribution is 2.35. The number of alkyl halides is 1. The molecule has 1 aliphatic rings. The number of pyridine rings is 1. The second kappa shape index (κ2) is 9.21. The smallest absolute Gasteiger partial charge is 0.347 e. The van der Waals surface area contributed by atoms with E-state index in [-0.39, 0.29) is 23.0 Å². The summed E-state index contributed by atoms with van der Waals surface area (Å²) in [5.41, 5.74) is 1.07. The van der Waals surface area contributed by atoms with Crippen molar-refractivity contribution in [1.82, 2.24) is 4.98 Å². The molecule has 3 unspecified atom stereocenters. The Morgan fingerprint density at radius 1 is 1.25 bits per heavy atom. The largest absolute Gasteiger partial charge is 0.504 e. The molecule has 1 fully saturated rings. The van der Waals surface area contributed by atoms with Crippen molar-refractivity contribution in [1.29, 1.82) is 0 Å². The fourth-order valence-corrected chi connectivity index (χ4v) is 3.88. The third-order valence-electron chi connectivity index (χ3n) is 4.57. The fourth-order valence-electron chi connectivity index (χ4n) is 3.06. The van der Waals surface area contributed by atoms with Crippen molar-refractivity contribution in [3.63, 3.8) is 0 Å². The van der Waals surface area contributed by atoms with Crippen LogP contribution in [0.4, 0.5) is 0 Å². The van der Waals surface area contributed by atoms with E-state index in [4.69, 9.17) is 44.3 Å². The van der Waals surface area contributed by atoms with Crippen LogP contribution in [-0.2, 0) is 9.53 Å². The summed E-state index contributed by atoms with van der Waals surface area (Å²) in [5, 5.41) is 10.9. The highest BCUT2D eigenvalue weighted by Gasteiger charge is 2.29. The summed E-state index contributed by atoms with van der Waals surface area (Å²) in [6, 6.07) is 6.27. The summed E-state index contributed by atoms with van der Waals surface area (Å²) in [6.45, 7) is 1.57. The molecule has 1 heterocycles. The molecule has 0 bridgehead atoms. The van der Waals surface area contributed by atoms with E-state index >= 15 is 0 Å². The van der Waals surface area contributed by atoms with Crippen LogP contribution in [0.15, 0.2) is 30.5 Å². The van der Waals surface area contributed by atoms with Crippen LogP contribution in [0.5, 0.6) is 11.5 Å². The summed E-state index contributed by atoms with van der Waals surface area (Å²) in [7, 11) is 0. The number of hydrogen-bond donors (Lipinski definition) is 1. The van der Waals surface area contributed by atoms with E-state index in [0.717, 1.165) is 25.7 Å². The number of carbonyl (C=O) groups excluding carboxylic acids is 1. The lowest BCUT2D eigenvalue weighted by molar-refractivity contribution is -0.157. The van der Waals surface area contributed by atoms with Crippen LogP contribution in [0.1, 0.15) is 32.6 Å². The van der Waals surface area contributed by atoms with E-state index in [0.29, 0.717) is 21.3 Å². The van der Waals surface area contributed by atoms with E-state index in [1.165, 1.54) is 12.3 Å². The van der Waals surface area contributed by atoms with Gasteiger partial charge in [0.25, 0.3) is 0 Å². The Hall–Kier alpha value is -1.69. The van der Waals surface area contributed by atoms with Gasteiger partial charge in [0.05, 0.1) is 21.1 Å². The number of aromatic hydroxyl groups is 1. The van der Waals surface area contributed by atoms with Crippen LogP contribution in [0.3, 0.4) is 0 Å². The Morgan fingerprint density at radius 2 is 2.00 bits per heavy atom. The Labute approximate surface area is 178 Å². The zero-order valence-corrected chi connectivity index (χ0v) is 17.5. The number of phenolic OH excluding ortho intramolecular Hbond substituents is 1. The van der Waals surface area contributed by atoms with E-state index in [1.54, 1.807) is 25.1 Å². The minimum atomic E-state index is -0.889. The standard InChI is InChI=1S/C20H20Cl3NO4/c1-11(20(26)28-17-5-3-2-4-14(17)22)27-18-7-6-12(8-16(18)25)19-15(23)9-13(21)10-24-19/h6-11,14,17,25H,2-5H2,1H3. The summed E-state index contributed by atoms with van der Waals surface area (Å²) >= 11 is 18.2. The third-order valence-corrected chi connectivity index (χ3v) is 5.56. The molecule has 5 nitrogen and oxygen atoms in total. The summed E-state index contributed by atoms with van der Waals surface area (Å²) < 4.78 is 11.1. The maximum atomic E-state index is 12.3. The van der Waals surface area contributed by atoms with Crippen LogP contribution < -0.4 is 4.74 Å². The maximum absolute atomic E-state index is 12.3. The Bertz CT molecular complexity index is 861. The van der Waals surface area contributed by atoms with E-state index < -0.39 is 12.1 Å².